The summed E-state index contributed by atoms with van der Waals surface area (Å²) in [6.45, 7) is 4.13. The van der Waals surface area contributed by atoms with Gasteiger partial charge in [-0.2, -0.15) is 0 Å². The van der Waals surface area contributed by atoms with Crippen molar-refractivity contribution in [1.82, 2.24) is 9.80 Å². The minimum Gasteiger partial charge on any atom is -0.480 e. The fraction of sp³-hybridized carbons (Fsp3) is 0.500. The Morgan fingerprint density at radius 2 is 1.86 bits per heavy atom. The summed E-state index contributed by atoms with van der Waals surface area (Å²) >= 11 is 0. The van der Waals surface area contributed by atoms with E-state index in [0.717, 1.165) is 6.42 Å². The Labute approximate surface area is 129 Å². The molecule has 120 valence electrons. The van der Waals surface area contributed by atoms with Crippen molar-refractivity contribution in [1.29, 1.82) is 0 Å². The lowest BCUT2D eigenvalue weighted by Crippen LogP contribution is -2.43. The molecule has 22 heavy (non-hydrogen) atoms. The molecule has 2 rings (SSSR count). The summed E-state index contributed by atoms with van der Waals surface area (Å²) in [5, 5.41) is 9.24. The predicted octanol–water partition coefficient (Wildman–Crippen LogP) is 1.84. The van der Waals surface area contributed by atoms with Crippen molar-refractivity contribution in [2.75, 3.05) is 26.2 Å². The van der Waals surface area contributed by atoms with Crippen LogP contribution in [0, 0.1) is 5.82 Å². The van der Waals surface area contributed by atoms with E-state index in [1.165, 1.54) is 24.3 Å². The lowest BCUT2D eigenvalue weighted by atomic mass is 10.2. The highest BCUT2D eigenvalue weighted by Crippen LogP contribution is 2.13. The van der Waals surface area contributed by atoms with E-state index in [1.807, 2.05) is 11.8 Å². The van der Waals surface area contributed by atoms with E-state index >= 15 is 0 Å². The summed E-state index contributed by atoms with van der Waals surface area (Å²) in [4.78, 5) is 27.3. The zero-order chi connectivity index (χ0) is 16.1. The van der Waals surface area contributed by atoms with E-state index < -0.39 is 12.0 Å². The number of carbonyl (C=O) groups is 2. The highest BCUT2D eigenvalue weighted by Gasteiger charge is 2.27. The van der Waals surface area contributed by atoms with Gasteiger partial charge in [0.05, 0.1) is 0 Å². The smallest absolute Gasteiger partial charge is 0.320 e. The Bertz CT molecular complexity index is 533. The maximum atomic E-state index is 12.9. The number of carboxylic acid groups (broad SMARTS) is 1. The molecule has 1 N–H and O–H groups in total. The molecule has 1 heterocycles. The second-order valence-electron chi connectivity index (χ2n) is 5.45. The summed E-state index contributed by atoms with van der Waals surface area (Å²) in [7, 11) is 0. The maximum Gasteiger partial charge on any atom is 0.320 e. The number of hydrogen-bond donors (Lipinski definition) is 1. The van der Waals surface area contributed by atoms with Crippen molar-refractivity contribution in [3.05, 3.63) is 35.6 Å². The SMILES string of the molecule is CCC(C(=O)O)N1CCCN(C(=O)c2ccc(F)cc2)CC1. The molecule has 0 spiro atoms. The Morgan fingerprint density at radius 1 is 1.18 bits per heavy atom. The Hall–Kier alpha value is -1.95. The van der Waals surface area contributed by atoms with Crippen molar-refractivity contribution in [3.8, 4) is 0 Å². The molecule has 1 aromatic carbocycles. The number of rotatable bonds is 4. The van der Waals surface area contributed by atoms with E-state index in [1.54, 1.807) is 4.90 Å². The van der Waals surface area contributed by atoms with Crippen molar-refractivity contribution in [2.24, 2.45) is 0 Å². The summed E-state index contributed by atoms with van der Waals surface area (Å²) in [5.41, 5.74) is 0.458. The molecule has 0 aromatic heterocycles. The van der Waals surface area contributed by atoms with Crippen LogP contribution in [0.5, 0.6) is 0 Å². The third-order valence-corrected chi connectivity index (χ3v) is 4.02. The molecule has 1 amide bonds. The molecule has 1 aliphatic heterocycles. The van der Waals surface area contributed by atoms with Crippen LogP contribution in [-0.4, -0.2) is 59.0 Å². The molecule has 1 fully saturated rings. The number of halogens is 1. The zero-order valence-electron chi connectivity index (χ0n) is 12.7. The van der Waals surface area contributed by atoms with Crippen molar-refractivity contribution in [2.45, 2.75) is 25.8 Å². The fourth-order valence-electron chi connectivity index (χ4n) is 2.82. The van der Waals surface area contributed by atoms with E-state index in [-0.39, 0.29) is 11.7 Å². The van der Waals surface area contributed by atoms with Gasteiger partial charge in [0.25, 0.3) is 5.91 Å². The van der Waals surface area contributed by atoms with Gasteiger partial charge in [0.2, 0.25) is 0 Å². The van der Waals surface area contributed by atoms with Crippen LogP contribution < -0.4 is 0 Å². The molecule has 0 aliphatic carbocycles. The van der Waals surface area contributed by atoms with Gasteiger partial charge in [-0.1, -0.05) is 6.92 Å². The molecule has 1 atom stereocenters. The van der Waals surface area contributed by atoms with Crippen LogP contribution in [0.15, 0.2) is 24.3 Å². The number of nitrogens with zero attached hydrogens (tertiary/aromatic N) is 2. The number of carboxylic acids is 1. The molecule has 0 saturated carbocycles. The van der Waals surface area contributed by atoms with Gasteiger partial charge < -0.3 is 10.0 Å². The average molecular weight is 308 g/mol. The maximum absolute atomic E-state index is 12.9. The molecule has 1 saturated heterocycles. The van der Waals surface area contributed by atoms with Crippen molar-refractivity contribution >= 4 is 11.9 Å². The monoisotopic (exact) mass is 308 g/mol. The van der Waals surface area contributed by atoms with Crippen LogP contribution in [0.2, 0.25) is 0 Å². The second kappa shape index (κ2) is 7.35. The van der Waals surface area contributed by atoms with Gasteiger partial charge in [-0.25, -0.2) is 4.39 Å². The summed E-state index contributed by atoms with van der Waals surface area (Å²) < 4.78 is 12.9. The Balaban J connectivity index is 2.02. The first-order chi connectivity index (χ1) is 10.5. The van der Waals surface area contributed by atoms with E-state index in [4.69, 9.17) is 0 Å². The van der Waals surface area contributed by atoms with Crippen molar-refractivity contribution < 1.29 is 19.1 Å². The van der Waals surface area contributed by atoms with Gasteiger partial charge in [-0.15, -0.1) is 0 Å². The fourth-order valence-corrected chi connectivity index (χ4v) is 2.82. The predicted molar refractivity (Wildman–Crippen MR) is 80.2 cm³/mol. The lowest BCUT2D eigenvalue weighted by molar-refractivity contribution is -0.143. The number of amides is 1. The van der Waals surface area contributed by atoms with Gasteiger partial charge in [-0.3, -0.25) is 14.5 Å². The minimum atomic E-state index is -0.819. The van der Waals surface area contributed by atoms with Crippen LogP contribution in [0.3, 0.4) is 0 Å². The third-order valence-electron chi connectivity index (χ3n) is 4.02. The molecule has 1 aromatic rings. The molecule has 5 nitrogen and oxygen atoms in total. The summed E-state index contributed by atoms with van der Waals surface area (Å²) in [6.07, 6.45) is 1.28. The molecular weight excluding hydrogens is 287 g/mol. The quantitative estimate of drug-likeness (QED) is 0.922. The van der Waals surface area contributed by atoms with Crippen LogP contribution in [-0.2, 0) is 4.79 Å². The number of hydrogen-bond acceptors (Lipinski definition) is 3. The Kier molecular flexibility index (Phi) is 5.49. The summed E-state index contributed by atoms with van der Waals surface area (Å²) in [5.74, 6) is -1.32. The zero-order valence-corrected chi connectivity index (χ0v) is 12.7. The molecule has 0 radical (unpaired) electrons. The largest absolute Gasteiger partial charge is 0.480 e. The highest BCUT2D eigenvalue weighted by atomic mass is 19.1. The molecule has 0 bridgehead atoms. The van der Waals surface area contributed by atoms with Gasteiger partial charge >= 0.3 is 5.97 Å². The number of benzene rings is 1. The minimum absolute atomic E-state index is 0.134. The first kappa shape index (κ1) is 16.4. The van der Waals surface area contributed by atoms with Crippen LogP contribution in [0.25, 0.3) is 0 Å². The molecule has 1 aliphatic rings. The molecular formula is C16H21FN2O3. The van der Waals surface area contributed by atoms with Gasteiger partial charge in [0.15, 0.2) is 0 Å². The van der Waals surface area contributed by atoms with Gasteiger partial charge in [0.1, 0.15) is 11.9 Å². The van der Waals surface area contributed by atoms with E-state index in [9.17, 15) is 19.1 Å². The highest BCUT2D eigenvalue weighted by molar-refractivity contribution is 5.94. The Morgan fingerprint density at radius 3 is 2.45 bits per heavy atom. The standard InChI is InChI=1S/C16H21FN2O3/c1-2-14(16(21)22)18-8-3-9-19(11-10-18)15(20)12-4-6-13(17)7-5-12/h4-7,14H,2-3,8-11H2,1H3,(H,21,22). The summed E-state index contributed by atoms with van der Waals surface area (Å²) in [6, 6.07) is 5.00. The van der Waals surface area contributed by atoms with Crippen molar-refractivity contribution in [3.63, 3.8) is 0 Å². The van der Waals surface area contributed by atoms with E-state index in [0.29, 0.717) is 38.2 Å². The topological polar surface area (TPSA) is 60.9 Å². The normalized spacial score (nSPS) is 17.8. The number of carbonyl (C=O) groups excluding carboxylic acids is 1. The average Bonchev–Trinajstić information content (AvgIpc) is 2.74. The third kappa shape index (κ3) is 3.82. The molecule has 6 heteroatoms. The van der Waals surface area contributed by atoms with Crippen LogP contribution in [0.4, 0.5) is 4.39 Å². The first-order valence-electron chi connectivity index (χ1n) is 7.54. The molecule has 1 unspecified atom stereocenters. The van der Waals surface area contributed by atoms with Crippen LogP contribution in [0.1, 0.15) is 30.1 Å². The van der Waals surface area contributed by atoms with E-state index in [2.05, 4.69) is 0 Å². The van der Waals surface area contributed by atoms with Gasteiger partial charge in [0, 0.05) is 31.7 Å². The van der Waals surface area contributed by atoms with Crippen LogP contribution >= 0.6 is 0 Å². The number of aliphatic carboxylic acids is 1. The first-order valence-corrected chi connectivity index (χ1v) is 7.54. The second-order valence-corrected chi connectivity index (χ2v) is 5.45. The van der Waals surface area contributed by atoms with Gasteiger partial charge in [-0.05, 0) is 37.1 Å². The lowest BCUT2D eigenvalue weighted by Gasteiger charge is -2.26.